The van der Waals surface area contributed by atoms with E-state index < -0.39 is 103 Å². The molecule has 5 rings (SSSR count). The fourth-order valence-corrected chi connectivity index (χ4v) is 5.76. The number of aliphatic hydroxyl groups is 8. The van der Waals surface area contributed by atoms with Crippen LogP contribution in [0.2, 0.25) is 0 Å². The summed E-state index contributed by atoms with van der Waals surface area (Å²) in [5.74, 6) is -4.60. The highest BCUT2D eigenvalue weighted by atomic mass is 16.7. The summed E-state index contributed by atoms with van der Waals surface area (Å²) in [5, 5.41) is 102. The van der Waals surface area contributed by atoms with Crippen molar-refractivity contribution in [3.05, 3.63) is 58.1 Å². The highest BCUT2D eigenvalue weighted by molar-refractivity contribution is 6.16. The number of phenolic OH excluding ortho intramolecular Hbond substituents is 1. The average Bonchev–Trinajstić information content (AvgIpc) is 2.96. The molecule has 1 aliphatic carbocycles. The van der Waals surface area contributed by atoms with Crippen LogP contribution in [0.25, 0.3) is 0 Å². The highest BCUT2D eigenvalue weighted by Gasteiger charge is 2.51. The number of carboxylic acids is 1. The lowest BCUT2D eigenvalue weighted by molar-refractivity contribution is -0.277. The largest absolute Gasteiger partial charge is 0.507 e. The van der Waals surface area contributed by atoms with Crippen molar-refractivity contribution in [3.63, 3.8) is 0 Å². The number of carbonyl (C=O) groups is 2. The molecular formula is C27H30O15. The van der Waals surface area contributed by atoms with E-state index >= 15 is 0 Å². The summed E-state index contributed by atoms with van der Waals surface area (Å²) in [6.45, 7) is -1.52. The number of ketones is 1. The topological polar surface area (TPSA) is 264 Å². The second kappa shape index (κ2) is 11.5. The van der Waals surface area contributed by atoms with Gasteiger partial charge in [-0.05, 0) is 29.3 Å². The zero-order valence-corrected chi connectivity index (χ0v) is 21.7. The fourth-order valence-electron chi connectivity index (χ4n) is 5.76. The van der Waals surface area contributed by atoms with Crippen LogP contribution in [0.1, 0.15) is 43.3 Å². The molecule has 2 saturated heterocycles. The molecule has 15 nitrogen and oxygen atoms in total. The normalized spacial score (nSPS) is 36.2. The van der Waals surface area contributed by atoms with Crippen molar-refractivity contribution in [2.45, 2.75) is 67.1 Å². The van der Waals surface area contributed by atoms with Crippen LogP contribution in [0.3, 0.4) is 0 Å². The number of carboxylic acid groups (broad SMARTS) is 1. The van der Waals surface area contributed by atoms with Crippen molar-refractivity contribution in [2.75, 3.05) is 13.2 Å². The maximum absolute atomic E-state index is 13.9. The number of hydrogen-bond acceptors (Lipinski definition) is 14. The van der Waals surface area contributed by atoms with Gasteiger partial charge in [-0.1, -0.05) is 12.1 Å². The summed E-state index contributed by atoms with van der Waals surface area (Å²) < 4.78 is 16.9. The molecule has 2 aromatic rings. The molecule has 10 N–H and O–H groups in total. The lowest BCUT2D eigenvalue weighted by Crippen LogP contribution is -2.60. The summed E-state index contributed by atoms with van der Waals surface area (Å²) in [6, 6.07) is 6.03. The first-order valence-electron chi connectivity index (χ1n) is 13.0. The molecular weight excluding hydrogens is 564 g/mol. The Kier molecular flexibility index (Phi) is 8.25. The Morgan fingerprint density at radius 1 is 0.786 bits per heavy atom. The van der Waals surface area contributed by atoms with Crippen LogP contribution in [0.15, 0.2) is 30.3 Å². The quantitative estimate of drug-likeness (QED) is 0.158. The van der Waals surface area contributed by atoms with Gasteiger partial charge in [0.1, 0.15) is 60.3 Å². The third-order valence-electron chi connectivity index (χ3n) is 7.93. The van der Waals surface area contributed by atoms with E-state index in [0.717, 1.165) is 12.1 Å². The molecule has 2 aliphatic heterocycles. The van der Waals surface area contributed by atoms with Gasteiger partial charge in [0.25, 0.3) is 0 Å². The summed E-state index contributed by atoms with van der Waals surface area (Å²) in [4.78, 5) is 25.7. The van der Waals surface area contributed by atoms with Crippen molar-refractivity contribution in [1.82, 2.24) is 0 Å². The number of hydrogen-bond donors (Lipinski definition) is 10. The molecule has 228 valence electrons. The van der Waals surface area contributed by atoms with Crippen molar-refractivity contribution >= 4 is 11.8 Å². The van der Waals surface area contributed by atoms with Crippen LogP contribution in [0, 0.1) is 0 Å². The summed E-state index contributed by atoms with van der Waals surface area (Å²) >= 11 is 0. The average molecular weight is 595 g/mol. The third kappa shape index (κ3) is 4.83. The van der Waals surface area contributed by atoms with Crippen LogP contribution in [0.4, 0.5) is 0 Å². The number of fused-ring (bicyclic) bond motifs is 2. The molecule has 2 fully saturated rings. The van der Waals surface area contributed by atoms with E-state index in [0.29, 0.717) is 0 Å². The van der Waals surface area contributed by atoms with Crippen LogP contribution < -0.4 is 4.74 Å². The molecule has 2 heterocycles. The molecule has 0 radical (unpaired) electrons. The number of phenols is 1. The van der Waals surface area contributed by atoms with Gasteiger partial charge >= 0.3 is 5.97 Å². The molecule has 2 aromatic carbocycles. The number of aromatic hydroxyl groups is 1. The minimum Gasteiger partial charge on any atom is -0.507 e. The van der Waals surface area contributed by atoms with Gasteiger partial charge < -0.3 is 65.3 Å². The summed E-state index contributed by atoms with van der Waals surface area (Å²) in [7, 11) is 0. The predicted octanol–water partition coefficient (Wildman–Crippen LogP) is -3.21. The summed E-state index contributed by atoms with van der Waals surface area (Å²) in [5.41, 5.74) is -1.09. The first-order valence-corrected chi connectivity index (χ1v) is 13.0. The van der Waals surface area contributed by atoms with Gasteiger partial charge in [-0.25, -0.2) is 4.79 Å². The molecule has 0 aromatic heterocycles. The molecule has 11 unspecified atom stereocenters. The number of aliphatic hydroxyl groups excluding tert-OH is 8. The van der Waals surface area contributed by atoms with Gasteiger partial charge in [0.15, 0.2) is 0 Å². The molecule has 0 spiro atoms. The molecule has 0 amide bonds. The van der Waals surface area contributed by atoms with Crippen LogP contribution >= 0.6 is 0 Å². The number of aromatic carboxylic acids is 1. The Bertz CT molecular complexity index is 1360. The van der Waals surface area contributed by atoms with E-state index in [1.807, 2.05) is 0 Å². The SMILES string of the molecule is O=C(O)c1cc(O)c2c(c1)C(C1OC(CO)C(O)C(O)C1O)c1cccc(OC3OC(CO)C(O)C(O)C3O)c1C2=O. The van der Waals surface area contributed by atoms with Crippen LogP contribution in [-0.2, 0) is 9.47 Å². The zero-order chi connectivity index (χ0) is 30.6. The van der Waals surface area contributed by atoms with Crippen molar-refractivity contribution in [2.24, 2.45) is 0 Å². The minimum absolute atomic E-state index is 0.0564. The van der Waals surface area contributed by atoms with Gasteiger partial charge in [-0.15, -0.1) is 0 Å². The Balaban J connectivity index is 1.66. The van der Waals surface area contributed by atoms with E-state index in [-0.39, 0.29) is 28.0 Å². The van der Waals surface area contributed by atoms with Crippen LogP contribution in [-0.4, -0.2) is 137 Å². The molecule has 0 saturated carbocycles. The zero-order valence-electron chi connectivity index (χ0n) is 21.7. The molecule has 3 aliphatic rings. The second-order valence-corrected chi connectivity index (χ2v) is 10.4. The van der Waals surface area contributed by atoms with Gasteiger partial charge in [0.2, 0.25) is 12.1 Å². The van der Waals surface area contributed by atoms with Gasteiger partial charge in [0.05, 0.1) is 36.0 Å². The Morgan fingerprint density at radius 2 is 1.40 bits per heavy atom. The van der Waals surface area contributed by atoms with Gasteiger partial charge in [-0.2, -0.15) is 0 Å². The second-order valence-electron chi connectivity index (χ2n) is 10.4. The summed E-state index contributed by atoms with van der Waals surface area (Å²) in [6.07, 6.45) is -16.6. The number of rotatable bonds is 6. The monoisotopic (exact) mass is 594 g/mol. The maximum Gasteiger partial charge on any atom is 0.335 e. The predicted molar refractivity (Wildman–Crippen MR) is 135 cm³/mol. The van der Waals surface area contributed by atoms with Crippen molar-refractivity contribution < 1.29 is 74.9 Å². The van der Waals surface area contributed by atoms with Crippen molar-refractivity contribution in [1.29, 1.82) is 0 Å². The van der Waals surface area contributed by atoms with Crippen LogP contribution in [0.5, 0.6) is 11.5 Å². The standard InChI is InChI=1S/C27H30O15/c28-6-13-18(31)21(34)23(36)25(40-13)15-9-2-1-3-12(41-27-24(37)22(35)19(32)14(7-29)42-27)17(9)20(33)16-10(15)4-8(26(38)39)5-11(16)30/h1-5,13-15,18-19,21-25,27-32,34-37H,6-7H2,(H,38,39). The molecule has 0 bridgehead atoms. The van der Waals surface area contributed by atoms with E-state index in [4.69, 9.17) is 14.2 Å². The first-order chi connectivity index (χ1) is 19.9. The van der Waals surface area contributed by atoms with Crippen molar-refractivity contribution in [3.8, 4) is 11.5 Å². The number of benzene rings is 2. The van der Waals surface area contributed by atoms with Gasteiger partial charge in [-0.3, -0.25) is 4.79 Å². The third-order valence-corrected chi connectivity index (χ3v) is 7.93. The fraction of sp³-hybridized carbons (Fsp3) is 0.481. The Morgan fingerprint density at radius 3 is 2.02 bits per heavy atom. The van der Waals surface area contributed by atoms with Gasteiger partial charge in [0, 0.05) is 5.92 Å². The Hall–Kier alpha value is -3.22. The maximum atomic E-state index is 13.9. The smallest absolute Gasteiger partial charge is 0.335 e. The first kappa shape index (κ1) is 30.2. The highest BCUT2D eigenvalue weighted by Crippen LogP contribution is 2.48. The van der Waals surface area contributed by atoms with E-state index in [2.05, 4.69) is 0 Å². The molecule has 11 atom stereocenters. The van der Waals surface area contributed by atoms with E-state index in [1.165, 1.54) is 18.2 Å². The van der Waals surface area contributed by atoms with E-state index in [1.54, 1.807) is 0 Å². The lowest BCUT2D eigenvalue weighted by atomic mass is 9.71. The molecule has 42 heavy (non-hydrogen) atoms. The number of ether oxygens (including phenoxy) is 3. The number of carbonyl (C=O) groups excluding carboxylic acids is 1. The molecule has 15 heteroatoms. The Labute approximate surface area is 237 Å². The minimum atomic E-state index is -1.84. The van der Waals surface area contributed by atoms with E-state index in [9.17, 15) is 60.7 Å². The lowest BCUT2D eigenvalue weighted by Gasteiger charge is -2.45.